The number of carbonyl (C=O) groups excluding carboxylic acids is 1. The van der Waals surface area contributed by atoms with Gasteiger partial charge < -0.3 is 9.88 Å². The van der Waals surface area contributed by atoms with Crippen molar-refractivity contribution in [2.45, 2.75) is 46.2 Å². The van der Waals surface area contributed by atoms with Gasteiger partial charge in [-0.3, -0.25) is 14.5 Å². The third kappa shape index (κ3) is 3.67. The normalized spacial score (nSPS) is 17.6. The average molecular weight is 396 g/mol. The van der Waals surface area contributed by atoms with E-state index in [9.17, 15) is 9.59 Å². The van der Waals surface area contributed by atoms with Crippen molar-refractivity contribution in [3.8, 4) is 0 Å². The summed E-state index contributed by atoms with van der Waals surface area (Å²) in [6, 6.07) is 9.71. The Kier molecular flexibility index (Phi) is 5.41. The summed E-state index contributed by atoms with van der Waals surface area (Å²) in [6.45, 7) is 9.64. The number of hydrogen-bond donors (Lipinski definition) is 1. The zero-order valence-corrected chi connectivity index (χ0v) is 17.4. The van der Waals surface area contributed by atoms with Crippen LogP contribution in [0.2, 0.25) is 0 Å². The minimum absolute atomic E-state index is 0.114. The minimum atomic E-state index is -0.226. The summed E-state index contributed by atoms with van der Waals surface area (Å²) < 4.78 is 3.40. The Bertz CT molecular complexity index is 1100. The lowest BCUT2D eigenvalue weighted by atomic mass is 10.2. The number of carbonyl (C=O) groups is 1. The molecule has 0 saturated carbocycles. The highest BCUT2D eigenvalue weighted by Crippen LogP contribution is 2.17. The molecule has 4 rings (SSSR count). The van der Waals surface area contributed by atoms with Gasteiger partial charge in [0.05, 0.1) is 11.0 Å². The Hall–Kier alpha value is -2.67. The van der Waals surface area contributed by atoms with E-state index in [-0.39, 0.29) is 17.2 Å². The average Bonchev–Trinajstić information content (AvgIpc) is 3.36. The molecule has 1 saturated heterocycles. The van der Waals surface area contributed by atoms with Crippen molar-refractivity contribution < 1.29 is 4.79 Å². The van der Waals surface area contributed by atoms with Crippen molar-refractivity contribution in [1.29, 1.82) is 0 Å². The van der Waals surface area contributed by atoms with Crippen molar-refractivity contribution in [2.75, 3.05) is 19.6 Å². The molecule has 3 aromatic rings. The van der Waals surface area contributed by atoms with E-state index in [1.807, 2.05) is 24.3 Å². The summed E-state index contributed by atoms with van der Waals surface area (Å²) in [5.74, 6) is 0.104. The summed E-state index contributed by atoms with van der Waals surface area (Å²) in [6.07, 6.45) is 2.27. The van der Waals surface area contributed by atoms with E-state index in [4.69, 9.17) is 0 Å². The van der Waals surface area contributed by atoms with Crippen molar-refractivity contribution in [3.63, 3.8) is 0 Å². The van der Waals surface area contributed by atoms with Gasteiger partial charge in [0.1, 0.15) is 5.52 Å². The quantitative estimate of drug-likeness (QED) is 0.696. The lowest BCUT2D eigenvalue weighted by molar-refractivity contribution is 0.0936. The Morgan fingerprint density at radius 2 is 2.00 bits per heavy atom. The summed E-state index contributed by atoms with van der Waals surface area (Å²) in [7, 11) is 0. The van der Waals surface area contributed by atoms with Crippen LogP contribution in [0.5, 0.6) is 0 Å². The van der Waals surface area contributed by atoms with Crippen LogP contribution in [-0.2, 0) is 6.54 Å². The first-order valence-corrected chi connectivity index (χ1v) is 10.5. The highest BCUT2D eigenvalue weighted by Gasteiger charge is 2.24. The van der Waals surface area contributed by atoms with Gasteiger partial charge in [0, 0.05) is 25.2 Å². The zero-order valence-electron chi connectivity index (χ0n) is 17.4. The monoisotopic (exact) mass is 395 g/mol. The molecule has 154 valence electrons. The topological polar surface area (TPSA) is 71.6 Å². The summed E-state index contributed by atoms with van der Waals surface area (Å²) in [5.41, 5.74) is 2.27. The van der Waals surface area contributed by atoms with Gasteiger partial charge in [-0.25, -0.2) is 4.52 Å². The van der Waals surface area contributed by atoms with Crippen LogP contribution >= 0.6 is 0 Å². The van der Waals surface area contributed by atoms with Crippen molar-refractivity contribution in [2.24, 2.45) is 5.92 Å². The van der Waals surface area contributed by atoms with Gasteiger partial charge >= 0.3 is 0 Å². The summed E-state index contributed by atoms with van der Waals surface area (Å²) in [5, 5.41) is 7.50. The highest BCUT2D eigenvalue weighted by atomic mass is 16.2. The molecule has 1 N–H and O–H groups in total. The summed E-state index contributed by atoms with van der Waals surface area (Å²) >= 11 is 0. The van der Waals surface area contributed by atoms with Gasteiger partial charge in [-0.1, -0.05) is 32.9 Å². The third-order valence-corrected chi connectivity index (χ3v) is 5.76. The van der Waals surface area contributed by atoms with E-state index in [2.05, 4.69) is 36.1 Å². The molecule has 0 spiro atoms. The number of hydrogen-bond acceptors (Lipinski definition) is 4. The van der Waals surface area contributed by atoms with Crippen LogP contribution in [0.15, 0.2) is 35.1 Å². The van der Waals surface area contributed by atoms with Gasteiger partial charge in [-0.15, -0.1) is 0 Å². The first-order chi connectivity index (χ1) is 14.0. The Balaban J connectivity index is 1.68. The molecule has 7 nitrogen and oxygen atoms in total. The Labute approximate surface area is 170 Å². The van der Waals surface area contributed by atoms with Gasteiger partial charge in [-0.2, -0.15) is 5.10 Å². The maximum atomic E-state index is 13.1. The number of rotatable bonds is 6. The number of fused-ring (bicyclic) bond motifs is 3. The van der Waals surface area contributed by atoms with E-state index in [0.717, 1.165) is 30.5 Å². The van der Waals surface area contributed by atoms with Crippen molar-refractivity contribution in [3.05, 3.63) is 46.4 Å². The van der Waals surface area contributed by atoms with Gasteiger partial charge in [0.25, 0.3) is 11.5 Å². The van der Waals surface area contributed by atoms with Gasteiger partial charge in [0.15, 0.2) is 5.69 Å². The van der Waals surface area contributed by atoms with Crippen molar-refractivity contribution >= 4 is 22.5 Å². The smallest absolute Gasteiger partial charge is 0.277 e. The lowest BCUT2D eigenvalue weighted by Gasteiger charge is -2.22. The highest BCUT2D eigenvalue weighted by molar-refractivity contribution is 5.94. The maximum Gasteiger partial charge on any atom is 0.277 e. The molecule has 1 unspecified atom stereocenters. The number of benzene rings is 1. The molecule has 7 heteroatoms. The molecule has 1 fully saturated rings. The molecule has 1 aromatic carbocycles. The van der Waals surface area contributed by atoms with Crippen LogP contribution in [0.4, 0.5) is 0 Å². The van der Waals surface area contributed by atoms with E-state index < -0.39 is 0 Å². The van der Waals surface area contributed by atoms with E-state index in [1.54, 1.807) is 15.1 Å². The number of nitrogens with zero attached hydrogens (tertiary/aromatic N) is 4. The molecule has 0 radical (unpaired) electrons. The standard InChI is InChI=1S/C22H29N5O2/c1-4-25-11-7-8-16(25)13-23-21(28)17-12-20-22(29)26(14-15(2)3)18-9-5-6-10-19(18)27(20)24-17/h5-6,9-10,12,15-16H,4,7-8,11,13-14H2,1-3H3,(H,23,28). The van der Waals surface area contributed by atoms with Gasteiger partial charge in [-0.05, 0) is 44.0 Å². The molecule has 3 heterocycles. The predicted molar refractivity (Wildman–Crippen MR) is 114 cm³/mol. The second kappa shape index (κ2) is 7.99. The fourth-order valence-electron chi connectivity index (χ4n) is 4.34. The van der Waals surface area contributed by atoms with Crippen LogP contribution in [0.3, 0.4) is 0 Å². The minimum Gasteiger partial charge on any atom is -0.349 e. The SMILES string of the molecule is CCN1CCCC1CNC(=O)c1cc2c(=O)n(CC(C)C)c3ccccc3n2n1. The number of nitrogens with one attached hydrogen (secondary N) is 1. The van der Waals surface area contributed by atoms with Crippen molar-refractivity contribution in [1.82, 2.24) is 24.4 Å². The number of likely N-dealkylation sites (N-methyl/N-ethyl adjacent to an activating group) is 1. The van der Waals surface area contributed by atoms with Crippen LogP contribution < -0.4 is 10.9 Å². The molecule has 29 heavy (non-hydrogen) atoms. The molecular weight excluding hydrogens is 366 g/mol. The fraction of sp³-hybridized carbons (Fsp3) is 0.500. The number of likely N-dealkylation sites (tertiary alicyclic amines) is 1. The van der Waals surface area contributed by atoms with Crippen LogP contribution in [-0.4, -0.2) is 50.7 Å². The Morgan fingerprint density at radius 3 is 2.72 bits per heavy atom. The van der Waals surface area contributed by atoms with Crippen LogP contribution in [0.25, 0.3) is 16.6 Å². The Morgan fingerprint density at radius 1 is 1.24 bits per heavy atom. The maximum absolute atomic E-state index is 13.1. The molecule has 0 bridgehead atoms. The number of para-hydroxylation sites is 2. The number of amides is 1. The molecule has 1 aliphatic heterocycles. The van der Waals surface area contributed by atoms with E-state index in [1.165, 1.54) is 6.42 Å². The zero-order chi connectivity index (χ0) is 20.5. The first-order valence-electron chi connectivity index (χ1n) is 10.5. The fourth-order valence-corrected chi connectivity index (χ4v) is 4.34. The number of aromatic nitrogens is 3. The molecule has 2 aromatic heterocycles. The molecule has 1 aliphatic rings. The molecule has 1 amide bonds. The van der Waals surface area contributed by atoms with Crippen LogP contribution in [0.1, 0.15) is 44.1 Å². The molecular formula is C22H29N5O2. The largest absolute Gasteiger partial charge is 0.349 e. The van der Waals surface area contributed by atoms with E-state index >= 15 is 0 Å². The van der Waals surface area contributed by atoms with Crippen LogP contribution in [0, 0.1) is 5.92 Å². The predicted octanol–water partition coefficient (Wildman–Crippen LogP) is 2.52. The molecule has 1 atom stereocenters. The second-order valence-electron chi connectivity index (χ2n) is 8.26. The van der Waals surface area contributed by atoms with Gasteiger partial charge in [0.2, 0.25) is 0 Å². The summed E-state index contributed by atoms with van der Waals surface area (Å²) in [4.78, 5) is 28.3. The first kappa shape index (κ1) is 19.6. The lowest BCUT2D eigenvalue weighted by Crippen LogP contribution is -2.40. The molecule has 0 aliphatic carbocycles. The third-order valence-electron chi connectivity index (χ3n) is 5.76. The van der Waals surface area contributed by atoms with E-state index in [0.29, 0.717) is 30.6 Å². The second-order valence-corrected chi connectivity index (χ2v) is 8.26.